The number of carbonyl (C=O) groups is 1. The highest BCUT2D eigenvalue weighted by molar-refractivity contribution is 5.94. The van der Waals surface area contributed by atoms with E-state index in [0.717, 1.165) is 44.6 Å². The smallest absolute Gasteiger partial charge is 0.349 e. The van der Waals surface area contributed by atoms with Gasteiger partial charge in [-0.05, 0) is 82.3 Å². The molecule has 2 aromatic carbocycles. The molecule has 1 aliphatic carbocycles. The van der Waals surface area contributed by atoms with Crippen molar-refractivity contribution in [2.75, 3.05) is 14.1 Å². The Hall–Kier alpha value is -2.41. The van der Waals surface area contributed by atoms with E-state index in [9.17, 15) is 22.4 Å². The number of amides is 1. The maximum Gasteiger partial charge on any atom is 0.419 e. The number of hydrogen-bond acceptors (Lipinski definition) is 2. The zero-order valence-corrected chi connectivity index (χ0v) is 18.5. The number of aryl methyl sites for hydroxylation is 1. The Kier molecular flexibility index (Phi) is 7.93. The first-order chi connectivity index (χ1) is 15.1. The summed E-state index contributed by atoms with van der Waals surface area (Å²) in [4.78, 5) is 14.7. The number of hydrogen-bond donors (Lipinski definition) is 1. The number of halogens is 4. The highest BCUT2D eigenvalue weighted by atomic mass is 19.4. The van der Waals surface area contributed by atoms with Gasteiger partial charge in [0.15, 0.2) is 0 Å². The summed E-state index contributed by atoms with van der Waals surface area (Å²) in [5, 5.41) is 2.84. The van der Waals surface area contributed by atoms with E-state index in [1.807, 2.05) is 18.2 Å². The van der Waals surface area contributed by atoms with E-state index in [1.54, 1.807) is 0 Å². The lowest BCUT2D eigenvalue weighted by Gasteiger charge is -2.37. The third-order valence-corrected chi connectivity index (χ3v) is 6.42. The lowest BCUT2D eigenvalue weighted by Crippen LogP contribution is -2.42. The Morgan fingerprint density at radius 1 is 1.06 bits per heavy atom. The van der Waals surface area contributed by atoms with Crippen LogP contribution in [0.4, 0.5) is 17.6 Å². The highest BCUT2D eigenvalue weighted by Crippen LogP contribution is 2.33. The van der Waals surface area contributed by atoms with E-state index in [-0.39, 0.29) is 11.6 Å². The molecule has 174 valence electrons. The van der Waals surface area contributed by atoms with Crippen LogP contribution in [-0.4, -0.2) is 37.0 Å². The van der Waals surface area contributed by atoms with Crippen molar-refractivity contribution in [2.45, 2.75) is 56.8 Å². The molecule has 1 saturated carbocycles. The van der Waals surface area contributed by atoms with Crippen molar-refractivity contribution in [3.63, 3.8) is 0 Å². The Morgan fingerprint density at radius 3 is 2.31 bits per heavy atom. The van der Waals surface area contributed by atoms with Gasteiger partial charge in [0.2, 0.25) is 0 Å². The summed E-state index contributed by atoms with van der Waals surface area (Å²) in [6.45, 7) is 0. The molecule has 0 spiro atoms. The summed E-state index contributed by atoms with van der Waals surface area (Å²) in [5.74, 6) is -1.46. The molecule has 1 aliphatic rings. The number of nitrogens with one attached hydrogen (secondary N) is 1. The molecule has 1 unspecified atom stereocenters. The molecule has 0 aromatic heterocycles. The minimum Gasteiger partial charge on any atom is -0.349 e. The molecule has 0 aliphatic heterocycles. The van der Waals surface area contributed by atoms with E-state index in [0.29, 0.717) is 24.1 Å². The van der Waals surface area contributed by atoms with Crippen LogP contribution in [0.3, 0.4) is 0 Å². The van der Waals surface area contributed by atoms with Gasteiger partial charge in [0.25, 0.3) is 5.91 Å². The molecule has 1 amide bonds. The van der Waals surface area contributed by atoms with Gasteiger partial charge >= 0.3 is 6.18 Å². The highest BCUT2D eigenvalue weighted by Gasteiger charge is 2.35. The van der Waals surface area contributed by atoms with Crippen LogP contribution in [0.5, 0.6) is 0 Å². The third kappa shape index (κ3) is 6.31. The second kappa shape index (κ2) is 10.5. The van der Waals surface area contributed by atoms with Crippen LogP contribution in [0, 0.1) is 11.7 Å². The molecule has 32 heavy (non-hydrogen) atoms. The number of carbonyl (C=O) groups excluding carboxylic acids is 1. The van der Waals surface area contributed by atoms with Gasteiger partial charge in [-0.3, -0.25) is 4.79 Å². The van der Waals surface area contributed by atoms with Gasteiger partial charge in [-0.2, -0.15) is 13.2 Å². The standard InChI is InChI=1S/C25H30F4N2O/c1-31(2)23(15-8-17-6-4-3-5-7-17)18-9-12-20(13-10-18)30-24(32)19-11-14-22(26)21(16-19)25(27,28)29/h3-7,11,14,16,18,20,23H,8-10,12-13,15H2,1-2H3,(H,30,32). The lowest BCUT2D eigenvalue weighted by molar-refractivity contribution is -0.140. The SMILES string of the molecule is CN(C)C(CCc1ccccc1)C1CCC(NC(=O)c2ccc(F)c(C(F)(F)F)c2)CC1. The zero-order valence-electron chi connectivity index (χ0n) is 18.5. The third-order valence-electron chi connectivity index (χ3n) is 6.42. The molecule has 0 saturated heterocycles. The Morgan fingerprint density at radius 2 is 1.72 bits per heavy atom. The largest absolute Gasteiger partial charge is 0.419 e. The molecule has 0 bridgehead atoms. The monoisotopic (exact) mass is 450 g/mol. The lowest BCUT2D eigenvalue weighted by atomic mass is 9.79. The molecule has 1 atom stereocenters. The van der Waals surface area contributed by atoms with Gasteiger partial charge in [0.1, 0.15) is 5.82 Å². The molecule has 1 fully saturated rings. The fourth-order valence-electron chi connectivity index (χ4n) is 4.68. The van der Waals surface area contributed by atoms with Crippen LogP contribution in [0.1, 0.15) is 53.6 Å². The summed E-state index contributed by atoms with van der Waals surface area (Å²) in [6, 6.07) is 13.1. The molecule has 1 N–H and O–H groups in total. The number of benzene rings is 2. The van der Waals surface area contributed by atoms with Gasteiger partial charge in [0.05, 0.1) is 5.56 Å². The minimum atomic E-state index is -4.83. The fourth-order valence-corrected chi connectivity index (χ4v) is 4.68. The molecule has 0 heterocycles. The van der Waals surface area contributed by atoms with Crippen molar-refractivity contribution in [2.24, 2.45) is 5.92 Å². The fraction of sp³-hybridized carbons (Fsp3) is 0.480. The average Bonchev–Trinajstić information content (AvgIpc) is 2.75. The first-order valence-electron chi connectivity index (χ1n) is 11.0. The van der Waals surface area contributed by atoms with Crippen LogP contribution in [-0.2, 0) is 12.6 Å². The molecule has 3 nitrogen and oxygen atoms in total. The summed E-state index contributed by atoms with van der Waals surface area (Å²) in [7, 11) is 4.19. The maximum atomic E-state index is 13.5. The molecular formula is C25H30F4N2O. The first-order valence-corrected chi connectivity index (χ1v) is 11.0. The number of nitrogens with zero attached hydrogens (tertiary/aromatic N) is 1. The second-order valence-corrected chi connectivity index (χ2v) is 8.83. The topological polar surface area (TPSA) is 32.3 Å². The molecular weight excluding hydrogens is 420 g/mol. The van der Waals surface area contributed by atoms with E-state index >= 15 is 0 Å². The summed E-state index contributed by atoms with van der Waals surface area (Å²) < 4.78 is 52.3. The minimum absolute atomic E-state index is 0.0879. The van der Waals surface area contributed by atoms with Gasteiger partial charge in [-0.25, -0.2) is 4.39 Å². The average molecular weight is 451 g/mol. The normalized spacial score (nSPS) is 20.2. The van der Waals surface area contributed by atoms with Crippen molar-refractivity contribution in [1.82, 2.24) is 10.2 Å². The van der Waals surface area contributed by atoms with Crippen LogP contribution < -0.4 is 5.32 Å². The molecule has 2 aromatic rings. The Labute approximate surface area is 186 Å². The molecule has 0 radical (unpaired) electrons. The van der Waals surface area contributed by atoms with Crippen LogP contribution in [0.2, 0.25) is 0 Å². The Bertz CT molecular complexity index is 891. The maximum absolute atomic E-state index is 13.5. The predicted octanol–water partition coefficient (Wildman–Crippen LogP) is 5.70. The van der Waals surface area contributed by atoms with Crippen molar-refractivity contribution < 1.29 is 22.4 Å². The first kappa shape index (κ1) is 24.2. The van der Waals surface area contributed by atoms with Gasteiger partial charge in [-0.15, -0.1) is 0 Å². The Balaban J connectivity index is 1.55. The summed E-state index contributed by atoms with van der Waals surface area (Å²) >= 11 is 0. The second-order valence-electron chi connectivity index (χ2n) is 8.83. The summed E-state index contributed by atoms with van der Waals surface area (Å²) in [6.07, 6.45) is 0.665. The predicted molar refractivity (Wildman–Crippen MR) is 117 cm³/mol. The van der Waals surface area contributed by atoms with E-state index in [4.69, 9.17) is 0 Å². The van der Waals surface area contributed by atoms with Gasteiger partial charge in [-0.1, -0.05) is 30.3 Å². The number of rotatable bonds is 7. The van der Waals surface area contributed by atoms with Crippen LogP contribution >= 0.6 is 0 Å². The van der Waals surface area contributed by atoms with Gasteiger partial charge < -0.3 is 10.2 Å². The van der Waals surface area contributed by atoms with Crippen LogP contribution in [0.15, 0.2) is 48.5 Å². The van der Waals surface area contributed by atoms with Crippen molar-refractivity contribution >= 4 is 5.91 Å². The van der Waals surface area contributed by atoms with Crippen LogP contribution in [0.25, 0.3) is 0 Å². The van der Waals surface area contributed by atoms with Crippen molar-refractivity contribution in [3.05, 3.63) is 71.0 Å². The van der Waals surface area contributed by atoms with E-state index < -0.39 is 23.5 Å². The van der Waals surface area contributed by atoms with E-state index in [1.165, 1.54) is 5.56 Å². The quantitative estimate of drug-likeness (QED) is 0.549. The molecule has 7 heteroatoms. The molecule has 3 rings (SSSR count). The van der Waals surface area contributed by atoms with Gasteiger partial charge in [0, 0.05) is 17.6 Å². The van der Waals surface area contributed by atoms with E-state index in [2.05, 4.69) is 36.4 Å². The van der Waals surface area contributed by atoms with Crippen molar-refractivity contribution in [1.29, 1.82) is 0 Å². The zero-order chi connectivity index (χ0) is 23.3. The summed E-state index contributed by atoms with van der Waals surface area (Å²) in [5.41, 5.74) is -0.270. The number of alkyl halides is 3. The van der Waals surface area contributed by atoms with Crippen molar-refractivity contribution in [3.8, 4) is 0 Å².